The van der Waals surface area contributed by atoms with Gasteiger partial charge in [0.1, 0.15) is 12.4 Å². The molecule has 0 saturated carbocycles. The molecule has 0 aliphatic rings. The number of carboxylic acids is 1. The second kappa shape index (κ2) is 7.48. The van der Waals surface area contributed by atoms with Gasteiger partial charge in [-0.1, -0.05) is 37.6 Å². The lowest BCUT2D eigenvalue weighted by Crippen LogP contribution is -2.00. The molecule has 2 aromatic carbocycles. The van der Waals surface area contributed by atoms with Crippen molar-refractivity contribution in [2.45, 2.75) is 32.8 Å². The number of aryl methyl sites for hydroxylation is 1. The van der Waals surface area contributed by atoms with Crippen molar-refractivity contribution in [2.75, 3.05) is 0 Å². The summed E-state index contributed by atoms with van der Waals surface area (Å²) >= 11 is 0. The fraction of sp³-hybridized carbons (Fsp3) is 0.278. The topological polar surface area (TPSA) is 46.5 Å². The third kappa shape index (κ3) is 4.63. The normalized spacial score (nSPS) is 10.3. The number of hydrogen-bond acceptors (Lipinski definition) is 2. The van der Waals surface area contributed by atoms with Crippen molar-refractivity contribution in [3.63, 3.8) is 0 Å². The summed E-state index contributed by atoms with van der Waals surface area (Å²) in [7, 11) is 0. The molecule has 110 valence electrons. The van der Waals surface area contributed by atoms with E-state index in [1.807, 2.05) is 18.2 Å². The Bertz CT molecular complexity index is 588. The first-order valence-corrected chi connectivity index (χ1v) is 7.23. The molecule has 1 N–H and O–H groups in total. The zero-order valence-corrected chi connectivity index (χ0v) is 12.2. The van der Waals surface area contributed by atoms with Gasteiger partial charge < -0.3 is 9.84 Å². The molecule has 21 heavy (non-hydrogen) atoms. The quantitative estimate of drug-likeness (QED) is 0.824. The van der Waals surface area contributed by atoms with E-state index in [4.69, 9.17) is 9.84 Å². The molecule has 0 aliphatic heterocycles. The van der Waals surface area contributed by atoms with Gasteiger partial charge >= 0.3 is 5.97 Å². The van der Waals surface area contributed by atoms with Crippen LogP contribution in [0.2, 0.25) is 0 Å². The first kappa shape index (κ1) is 15.1. The summed E-state index contributed by atoms with van der Waals surface area (Å²) in [6, 6.07) is 14.9. The number of carbonyl (C=O) groups is 1. The second-order valence-corrected chi connectivity index (χ2v) is 5.04. The standard InChI is InChI=1S/C18H20O3/c1-2-3-5-14-8-10-17(11-9-14)21-13-15-6-4-7-16(12-15)18(19)20/h4,6-12H,2-3,5,13H2,1H3,(H,19,20). The maximum Gasteiger partial charge on any atom is 0.335 e. The number of carboxylic acid groups (broad SMARTS) is 1. The Kier molecular flexibility index (Phi) is 5.38. The number of hydrogen-bond donors (Lipinski definition) is 1. The predicted molar refractivity (Wildman–Crippen MR) is 82.8 cm³/mol. The molecule has 3 nitrogen and oxygen atoms in total. The van der Waals surface area contributed by atoms with E-state index in [0.29, 0.717) is 6.61 Å². The van der Waals surface area contributed by atoms with Crippen LogP contribution in [0, 0.1) is 0 Å². The van der Waals surface area contributed by atoms with Gasteiger partial charge in [-0.25, -0.2) is 4.79 Å². The third-order valence-corrected chi connectivity index (χ3v) is 3.32. The van der Waals surface area contributed by atoms with Crippen molar-refractivity contribution in [2.24, 2.45) is 0 Å². The number of unbranched alkanes of at least 4 members (excludes halogenated alkanes) is 1. The van der Waals surface area contributed by atoms with Crippen molar-refractivity contribution in [1.29, 1.82) is 0 Å². The average molecular weight is 284 g/mol. The molecule has 0 radical (unpaired) electrons. The summed E-state index contributed by atoms with van der Waals surface area (Å²) in [6.45, 7) is 2.55. The largest absolute Gasteiger partial charge is 0.489 e. The van der Waals surface area contributed by atoms with Crippen LogP contribution in [0.1, 0.15) is 41.3 Å². The minimum atomic E-state index is -0.919. The van der Waals surface area contributed by atoms with E-state index in [9.17, 15) is 4.79 Å². The molecule has 2 aromatic rings. The first-order valence-electron chi connectivity index (χ1n) is 7.23. The summed E-state index contributed by atoms with van der Waals surface area (Å²) in [5.74, 6) is -0.117. The minimum Gasteiger partial charge on any atom is -0.489 e. The Morgan fingerprint density at radius 3 is 2.52 bits per heavy atom. The van der Waals surface area contributed by atoms with Crippen molar-refractivity contribution in [3.05, 3.63) is 65.2 Å². The highest BCUT2D eigenvalue weighted by Gasteiger charge is 2.03. The lowest BCUT2D eigenvalue weighted by atomic mass is 10.1. The molecule has 0 heterocycles. The molecule has 3 heteroatoms. The zero-order chi connectivity index (χ0) is 15.1. The second-order valence-electron chi connectivity index (χ2n) is 5.04. The molecule has 0 fully saturated rings. The number of ether oxygens (including phenoxy) is 1. The number of rotatable bonds is 7. The van der Waals surface area contributed by atoms with E-state index in [2.05, 4.69) is 19.1 Å². The van der Waals surface area contributed by atoms with Crippen LogP contribution < -0.4 is 4.74 Å². The lowest BCUT2D eigenvalue weighted by Gasteiger charge is -2.08. The van der Waals surface area contributed by atoms with Crippen molar-refractivity contribution >= 4 is 5.97 Å². The van der Waals surface area contributed by atoms with Gasteiger partial charge in [-0.15, -0.1) is 0 Å². The predicted octanol–water partition coefficient (Wildman–Crippen LogP) is 4.31. The van der Waals surface area contributed by atoms with Crippen molar-refractivity contribution < 1.29 is 14.6 Å². The summed E-state index contributed by atoms with van der Waals surface area (Å²) in [6.07, 6.45) is 3.48. The van der Waals surface area contributed by atoms with Crippen LogP contribution >= 0.6 is 0 Å². The van der Waals surface area contributed by atoms with Gasteiger partial charge in [0.25, 0.3) is 0 Å². The Balaban J connectivity index is 1.93. The Hall–Kier alpha value is -2.29. The molecule has 0 aromatic heterocycles. The summed E-state index contributed by atoms with van der Waals surface area (Å²) < 4.78 is 5.69. The molecule has 0 saturated heterocycles. The molecule has 0 aliphatic carbocycles. The summed E-state index contributed by atoms with van der Waals surface area (Å²) in [5.41, 5.74) is 2.45. The maximum atomic E-state index is 10.9. The van der Waals surface area contributed by atoms with Crippen molar-refractivity contribution in [3.8, 4) is 5.75 Å². The van der Waals surface area contributed by atoms with Crippen LogP contribution in [0.25, 0.3) is 0 Å². The molecule has 0 amide bonds. The van der Waals surface area contributed by atoms with Crippen LogP contribution in [0.4, 0.5) is 0 Å². The van der Waals surface area contributed by atoms with Gasteiger partial charge in [-0.05, 0) is 48.2 Å². The van der Waals surface area contributed by atoms with E-state index in [1.165, 1.54) is 18.4 Å². The average Bonchev–Trinajstić information content (AvgIpc) is 2.52. The molecule has 2 rings (SSSR count). The monoisotopic (exact) mass is 284 g/mol. The highest BCUT2D eigenvalue weighted by atomic mass is 16.5. The molecule has 0 unspecified atom stereocenters. The van der Waals surface area contributed by atoms with Gasteiger partial charge in [0.2, 0.25) is 0 Å². The smallest absolute Gasteiger partial charge is 0.335 e. The van der Waals surface area contributed by atoms with E-state index in [-0.39, 0.29) is 5.56 Å². The van der Waals surface area contributed by atoms with Crippen LogP contribution in [0.5, 0.6) is 5.75 Å². The molecule has 0 atom stereocenters. The van der Waals surface area contributed by atoms with Gasteiger partial charge in [0.15, 0.2) is 0 Å². The number of benzene rings is 2. The van der Waals surface area contributed by atoms with Crippen molar-refractivity contribution in [1.82, 2.24) is 0 Å². The fourth-order valence-electron chi connectivity index (χ4n) is 2.09. The first-order chi connectivity index (χ1) is 10.2. The van der Waals surface area contributed by atoms with Gasteiger partial charge in [-0.2, -0.15) is 0 Å². The highest BCUT2D eigenvalue weighted by Crippen LogP contribution is 2.16. The fourth-order valence-corrected chi connectivity index (χ4v) is 2.09. The van der Waals surface area contributed by atoms with Crippen LogP contribution in [-0.4, -0.2) is 11.1 Å². The van der Waals surface area contributed by atoms with Gasteiger partial charge in [0, 0.05) is 0 Å². The Labute approximate surface area is 125 Å². The number of aromatic carboxylic acids is 1. The van der Waals surface area contributed by atoms with Gasteiger partial charge in [-0.3, -0.25) is 0 Å². The lowest BCUT2D eigenvalue weighted by molar-refractivity contribution is 0.0696. The van der Waals surface area contributed by atoms with Crippen LogP contribution in [-0.2, 0) is 13.0 Å². The minimum absolute atomic E-state index is 0.283. The molecule has 0 spiro atoms. The maximum absolute atomic E-state index is 10.9. The Morgan fingerprint density at radius 2 is 1.86 bits per heavy atom. The van der Waals surface area contributed by atoms with Crippen LogP contribution in [0.3, 0.4) is 0 Å². The highest BCUT2D eigenvalue weighted by molar-refractivity contribution is 5.87. The van der Waals surface area contributed by atoms with E-state index in [0.717, 1.165) is 17.7 Å². The Morgan fingerprint density at radius 1 is 1.10 bits per heavy atom. The molecular weight excluding hydrogens is 264 g/mol. The van der Waals surface area contributed by atoms with E-state index < -0.39 is 5.97 Å². The molecular formula is C18H20O3. The SMILES string of the molecule is CCCCc1ccc(OCc2cccc(C(=O)O)c2)cc1. The third-order valence-electron chi connectivity index (χ3n) is 3.32. The van der Waals surface area contributed by atoms with E-state index >= 15 is 0 Å². The molecule has 0 bridgehead atoms. The van der Waals surface area contributed by atoms with E-state index in [1.54, 1.807) is 18.2 Å². The van der Waals surface area contributed by atoms with Crippen LogP contribution in [0.15, 0.2) is 48.5 Å². The van der Waals surface area contributed by atoms with Gasteiger partial charge in [0.05, 0.1) is 5.56 Å². The summed E-state index contributed by atoms with van der Waals surface area (Å²) in [5, 5.41) is 8.96. The zero-order valence-electron chi connectivity index (χ0n) is 12.2. The summed E-state index contributed by atoms with van der Waals surface area (Å²) in [4.78, 5) is 10.9.